The van der Waals surface area contributed by atoms with Crippen LogP contribution in [0.2, 0.25) is 0 Å². The predicted molar refractivity (Wildman–Crippen MR) is 40.3 cm³/mol. The van der Waals surface area contributed by atoms with Crippen LogP contribution in [0, 0.1) is 0 Å². The number of rotatable bonds is 4. The van der Waals surface area contributed by atoms with Gasteiger partial charge in [0, 0.05) is 0 Å². The summed E-state index contributed by atoms with van der Waals surface area (Å²) in [5.41, 5.74) is 1.02. The maximum absolute atomic E-state index is 9.09. The van der Waals surface area contributed by atoms with Crippen molar-refractivity contribution in [3.05, 3.63) is 24.8 Å². The van der Waals surface area contributed by atoms with Crippen molar-refractivity contribution in [2.75, 3.05) is 0 Å². The van der Waals surface area contributed by atoms with Crippen molar-refractivity contribution in [3.8, 4) is 0 Å². The quantitative estimate of drug-likeness (QED) is 0.570. The van der Waals surface area contributed by atoms with Crippen LogP contribution in [0.15, 0.2) is 24.8 Å². The standard InChI is InChI=1S/C8H14O/c1-4-5-8(9)6-7(2)3/h4,8-9H,1-2,5-6H2,3H3. The summed E-state index contributed by atoms with van der Waals surface area (Å²) in [5, 5.41) is 9.09. The lowest BCUT2D eigenvalue weighted by Gasteiger charge is -2.05. The van der Waals surface area contributed by atoms with E-state index in [2.05, 4.69) is 13.2 Å². The van der Waals surface area contributed by atoms with Crippen molar-refractivity contribution in [1.82, 2.24) is 0 Å². The Hall–Kier alpha value is -0.560. The van der Waals surface area contributed by atoms with E-state index in [0.717, 1.165) is 5.57 Å². The zero-order valence-electron chi connectivity index (χ0n) is 5.93. The van der Waals surface area contributed by atoms with Gasteiger partial charge in [0.05, 0.1) is 6.10 Å². The van der Waals surface area contributed by atoms with E-state index in [4.69, 9.17) is 5.11 Å². The number of hydrogen-bond donors (Lipinski definition) is 1. The smallest absolute Gasteiger partial charge is 0.0611 e. The van der Waals surface area contributed by atoms with E-state index in [1.165, 1.54) is 0 Å². The molecule has 0 saturated heterocycles. The maximum Gasteiger partial charge on any atom is 0.0611 e. The molecule has 1 atom stereocenters. The van der Waals surface area contributed by atoms with E-state index in [1.54, 1.807) is 6.08 Å². The normalized spacial score (nSPS) is 12.7. The Morgan fingerprint density at radius 3 is 2.67 bits per heavy atom. The van der Waals surface area contributed by atoms with E-state index < -0.39 is 0 Å². The first-order valence-electron chi connectivity index (χ1n) is 3.10. The Labute approximate surface area is 56.7 Å². The lowest BCUT2D eigenvalue weighted by atomic mass is 10.1. The molecule has 0 aliphatic carbocycles. The van der Waals surface area contributed by atoms with E-state index in [0.29, 0.717) is 12.8 Å². The van der Waals surface area contributed by atoms with Gasteiger partial charge in [0.15, 0.2) is 0 Å². The largest absolute Gasteiger partial charge is 0.392 e. The molecule has 0 rings (SSSR count). The Morgan fingerprint density at radius 1 is 1.78 bits per heavy atom. The van der Waals surface area contributed by atoms with Crippen molar-refractivity contribution < 1.29 is 5.11 Å². The highest BCUT2D eigenvalue weighted by molar-refractivity contribution is 4.91. The Balaban J connectivity index is 3.37. The van der Waals surface area contributed by atoms with Gasteiger partial charge in [-0.15, -0.1) is 13.2 Å². The molecule has 1 heteroatoms. The fraction of sp³-hybridized carbons (Fsp3) is 0.500. The van der Waals surface area contributed by atoms with E-state index >= 15 is 0 Å². The molecule has 0 heterocycles. The second kappa shape index (κ2) is 4.33. The number of aliphatic hydroxyl groups is 1. The molecule has 0 fully saturated rings. The first kappa shape index (κ1) is 8.44. The molecule has 0 spiro atoms. The molecule has 0 aliphatic rings. The van der Waals surface area contributed by atoms with Crippen molar-refractivity contribution in [2.45, 2.75) is 25.9 Å². The summed E-state index contributed by atoms with van der Waals surface area (Å²) >= 11 is 0. The summed E-state index contributed by atoms with van der Waals surface area (Å²) < 4.78 is 0. The molecular formula is C8H14O. The van der Waals surface area contributed by atoms with Crippen molar-refractivity contribution >= 4 is 0 Å². The zero-order valence-corrected chi connectivity index (χ0v) is 5.93. The Morgan fingerprint density at radius 2 is 2.33 bits per heavy atom. The van der Waals surface area contributed by atoms with Crippen molar-refractivity contribution in [1.29, 1.82) is 0 Å². The topological polar surface area (TPSA) is 20.2 Å². The summed E-state index contributed by atoms with van der Waals surface area (Å²) in [4.78, 5) is 0. The van der Waals surface area contributed by atoms with Gasteiger partial charge in [0.1, 0.15) is 0 Å². The van der Waals surface area contributed by atoms with Gasteiger partial charge in [-0.1, -0.05) is 11.6 Å². The molecule has 1 nitrogen and oxygen atoms in total. The SMILES string of the molecule is C=CCC(O)CC(=C)C. The van der Waals surface area contributed by atoms with Crippen molar-refractivity contribution in [3.63, 3.8) is 0 Å². The maximum atomic E-state index is 9.09. The van der Waals surface area contributed by atoms with E-state index in [9.17, 15) is 0 Å². The molecule has 0 radical (unpaired) electrons. The van der Waals surface area contributed by atoms with Gasteiger partial charge in [0.25, 0.3) is 0 Å². The monoisotopic (exact) mass is 126 g/mol. The average Bonchev–Trinajstić information content (AvgIpc) is 1.63. The molecule has 52 valence electrons. The molecule has 0 amide bonds. The molecule has 1 unspecified atom stereocenters. The van der Waals surface area contributed by atoms with E-state index in [-0.39, 0.29) is 6.10 Å². The molecule has 1 N–H and O–H groups in total. The molecule has 0 aromatic heterocycles. The average molecular weight is 126 g/mol. The Kier molecular flexibility index (Phi) is 4.06. The van der Waals surface area contributed by atoms with Crippen LogP contribution in [0.1, 0.15) is 19.8 Å². The van der Waals surface area contributed by atoms with Crippen molar-refractivity contribution in [2.24, 2.45) is 0 Å². The third-order valence-corrected chi connectivity index (χ3v) is 1.02. The molecular weight excluding hydrogens is 112 g/mol. The van der Waals surface area contributed by atoms with Gasteiger partial charge in [-0.25, -0.2) is 0 Å². The van der Waals surface area contributed by atoms with Gasteiger partial charge < -0.3 is 5.11 Å². The van der Waals surface area contributed by atoms with Crippen LogP contribution in [0.4, 0.5) is 0 Å². The minimum atomic E-state index is -0.278. The second-order valence-corrected chi connectivity index (χ2v) is 2.34. The number of hydrogen-bond acceptors (Lipinski definition) is 1. The summed E-state index contributed by atoms with van der Waals surface area (Å²) in [6.45, 7) is 9.11. The van der Waals surface area contributed by atoms with Gasteiger partial charge >= 0.3 is 0 Å². The highest BCUT2D eigenvalue weighted by atomic mass is 16.3. The van der Waals surface area contributed by atoms with Crippen LogP contribution in [0.25, 0.3) is 0 Å². The van der Waals surface area contributed by atoms with Crippen LogP contribution in [-0.4, -0.2) is 11.2 Å². The highest BCUT2D eigenvalue weighted by Crippen LogP contribution is 2.04. The number of aliphatic hydroxyl groups excluding tert-OH is 1. The van der Waals surface area contributed by atoms with Crippen LogP contribution in [0.3, 0.4) is 0 Å². The van der Waals surface area contributed by atoms with E-state index in [1.807, 2.05) is 6.92 Å². The minimum absolute atomic E-state index is 0.278. The van der Waals surface area contributed by atoms with Gasteiger partial charge in [-0.2, -0.15) is 0 Å². The molecule has 9 heavy (non-hydrogen) atoms. The van der Waals surface area contributed by atoms with Crippen LogP contribution in [-0.2, 0) is 0 Å². The second-order valence-electron chi connectivity index (χ2n) is 2.34. The highest BCUT2D eigenvalue weighted by Gasteiger charge is 1.99. The molecule has 0 saturated carbocycles. The molecule has 0 aromatic carbocycles. The molecule has 0 aliphatic heterocycles. The van der Waals surface area contributed by atoms with Gasteiger partial charge in [-0.05, 0) is 19.8 Å². The van der Waals surface area contributed by atoms with Gasteiger partial charge in [0.2, 0.25) is 0 Å². The summed E-state index contributed by atoms with van der Waals surface area (Å²) in [5.74, 6) is 0. The predicted octanol–water partition coefficient (Wildman–Crippen LogP) is 1.89. The van der Waals surface area contributed by atoms with Crippen LogP contribution in [0.5, 0.6) is 0 Å². The summed E-state index contributed by atoms with van der Waals surface area (Å²) in [7, 11) is 0. The lowest BCUT2D eigenvalue weighted by molar-refractivity contribution is 0.178. The Bertz CT molecular complexity index is 105. The lowest BCUT2D eigenvalue weighted by Crippen LogP contribution is -2.03. The zero-order chi connectivity index (χ0) is 7.28. The summed E-state index contributed by atoms with van der Waals surface area (Å²) in [6, 6.07) is 0. The minimum Gasteiger partial charge on any atom is -0.392 e. The fourth-order valence-corrected chi connectivity index (χ4v) is 0.678. The summed E-state index contributed by atoms with van der Waals surface area (Å²) in [6.07, 6.45) is 2.78. The fourth-order valence-electron chi connectivity index (χ4n) is 0.678. The molecule has 0 bridgehead atoms. The molecule has 0 aromatic rings. The first-order valence-corrected chi connectivity index (χ1v) is 3.10. The van der Waals surface area contributed by atoms with Gasteiger partial charge in [-0.3, -0.25) is 0 Å². The van der Waals surface area contributed by atoms with Crippen LogP contribution < -0.4 is 0 Å². The third-order valence-electron chi connectivity index (χ3n) is 1.02. The third kappa shape index (κ3) is 5.31. The van der Waals surface area contributed by atoms with Crippen LogP contribution >= 0.6 is 0 Å². The first-order chi connectivity index (χ1) is 4.16.